The van der Waals surface area contributed by atoms with Gasteiger partial charge in [0.25, 0.3) is 5.91 Å². The minimum Gasteiger partial charge on any atom is -0.267 e. The Labute approximate surface area is 147 Å². The predicted molar refractivity (Wildman–Crippen MR) is 99.4 cm³/mol. The summed E-state index contributed by atoms with van der Waals surface area (Å²) in [5, 5.41) is 6.32. The number of nitrogens with zero attached hydrogens (tertiary/aromatic N) is 2. The molecule has 1 heterocycles. The van der Waals surface area contributed by atoms with Crippen molar-refractivity contribution in [1.29, 1.82) is 0 Å². The maximum Gasteiger partial charge on any atom is 0.274 e. The van der Waals surface area contributed by atoms with Gasteiger partial charge in [-0.3, -0.25) is 4.79 Å². The third-order valence-electron chi connectivity index (χ3n) is 4.43. The van der Waals surface area contributed by atoms with Crippen LogP contribution in [0.2, 0.25) is 0 Å². The zero-order chi connectivity index (χ0) is 17.1. The molecule has 0 aliphatic carbocycles. The maximum atomic E-state index is 13.0. The number of carbonyl (C=O) groups is 1. The van der Waals surface area contributed by atoms with Crippen molar-refractivity contribution in [2.24, 2.45) is 5.10 Å². The molecule has 1 atom stereocenters. The number of hydrazone groups is 1. The van der Waals surface area contributed by atoms with Crippen molar-refractivity contribution in [3.8, 4) is 0 Å². The minimum absolute atomic E-state index is 0.0691. The van der Waals surface area contributed by atoms with Gasteiger partial charge in [0.15, 0.2) is 0 Å². The first-order valence-electron chi connectivity index (χ1n) is 8.39. The van der Waals surface area contributed by atoms with Crippen LogP contribution >= 0.6 is 0 Å². The zero-order valence-electron chi connectivity index (χ0n) is 13.7. The molecule has 1 amide bonds. The van der Waals surface area contributed by atoms with Crippen LogP contribution in [0.3, 0.4) is 0 Å². The predicted octanol–water partition coefficient (Wildman–Crippen LogP) is 4.68. The Morgan fingerprint density at radius 2 is 1.36 bits per heavy atom. The van der Waals surface area contributed by atoms with Gasteiger partial charge >= 0.3 is 0 Å². The van der Waals surface area contributed by atoms with Crippen molar-refractivity contribution in [3.63, 3.8) is 0 Å². The van der Waals surface area contributed by atoms with Crippen molar-refractivity contribution in [3.05, 3.63) is 108 Å². The molecule has 0 N–H and O–H groups in total. The van der Waals surface area contributed by atoms with Crippen LogP contribution in [-0.4, -0.2) is 16.6 Å². The number of amides is 1. The molecule has 0 bridgehead atoms. The second kappa shape index (κ2) is 6.73. The molecule has 1 aliphatic rings. The van der Waals surface area contributed by atoms with E-state index < -0.39 is 0 Å². The van der Waals surface area contributed by atoms with E-state index in [1.165, 1.54) is 0 Å². The number of benzene rings is 3. The molecule has 4 rings (SSSR count). The van der Waals surface area contributed by atoms with Gasteiger partial charge < -0.3 is 0 Å². The average Bonchev–Trinajstić information content (AvgIpc) is 3.15. The van der Waals surface area contributed by atoms with Gasteiger partial charge in [0.1, 0.15) is 0 Å². The Kier molecular flexibility index (Phi) is 4.13. The van der Waals surface area contributed by atoms with E-state index in [1.54, 1.807) is 5.01 Å². The third-order valence-corrected chi connectivity index (χ3v) is 4.43. The standard InChI is InChI=1S/C22H18N2O/c25-22(19-14-8-3-9-15-19)24-21(18-12-6-2-7-13-18)16-20(23-24)17-10-4-1-5-11-17/h1-15,21H,16H2/t21-/m1/s1. The first kappa shape index (κ1) is 15.3. The number of hydrogen-bond donors (Lipinski definition) is 0. The van der Waals surface area contributed by atoms with Crippen LogP contribution in [0, 0.1) is 0 Å². The molecular formula is C22H18N2O. The molecule has 0 radical (unpaired) electrons. The molecule has 3 nitrogen and oxygen atoms in total. The van der Waals surface area contributed by atoms with E-state index in [-0.39, 0.29) is 11.9 Å². The van der Waals surface area contributed by atoms with Crippen LogP contribution in [0.4, 0.5) is 0 Å². The molecule has 0 spiro atoms. The molecule has 0 unspecified atom stereocenters. The molecule has 122 valence electrons. The quantitative estimate of drug-likeness (QED) is 0.688. The summed E-state index contributed by atoms with van der Waals surface area (Å²) in [7, 11) is 0. The highest BCUT2D eigenvalue weighted by atomic mass is 16.2. The number of hydrogen-bond acceptors (Lipinski definition) is 2. The molecule has 25 heavy (non-hydrogen) atoms. The van der Waals surface area contributed by atoms with Crippen LogP contribution in [0.25, 0.3) is 0 Å². The fraction of sp³-hybridized carbons (Fsp3) is 0.0909. The van der Waals surface area contributed by atoms with E-state index in [1.807, 2.05) is 78.9 Å². The lowest BCUT2D eigenvalue weighted by molar-refractivity contribution is 0.0711. The van der Waals surface area contributed by atoms with Crippen molar-refractivity contribution >= 4 is 11.6 Å². The lowest BCUT2D eigenvalue weighted by Gasteiger charge is -2.22. The second-order valence-corrected chi connectivity index (χ2v) is 6.06. The Morgan fingerprint density at radius 1 is 0.800 bits per heavy atom. The van der Waals surface area contributed by atoms with Crippen molar-refractivity contribution in [1.82, 2.24) is 5.01 Å². The van der Waals surface area contributed by atoms with E-state index in [2.05, 4.69) is 12.1 Å². The van der Waals surface area contributed by atoms with Crippen LogP contribution in [-0.2, 0) is 0 Å². The Bertz CT molecular complexity index is 889. The van der Waals surface area contributed by atoms with Crippen LogP contribution in [0.1, 0.15) is 33.9 Å². The molecule has 0 saturated heterocycles. The summed E-state index contributed by atoms with van der Waals surface area (Å²) in [5.74, 6) is -0.0691. The van der Waals surface area contributed by atoms with Gasteiger partial charge in [0.05, 0.1) is 11.8 Å². The van der Waals surface area contributed by atoms with Crippen molar-refractivity contribution < 1.29 is 4.79 Å². The molecule has 0 fully saturated rings. The summed E-state index contributed by atoms with van der Waals surface area (Å²) in [5.41, 5.74) is 3.76. The fourth-order valence-corrected chi connectivity index (χ4v) is 3.15. The van der Waals surface area contributed by atoms with Gasteiger partial charge in [-0.1, -0.05) is 78.9 Å². The van der Waals surface area contributed by atoms with E-state index in [0.717, 1.165) is 16.8 Å². The third kappa shape index (κ3) is 3.09. The molecular weight excluding hydrogens is 308 g/mol. The van der Waals surface area contributed by atoms with Gasteiger partial charge in [0.2, 0.25) is 0 Å². The van der Waals surface area contributed by atoms with Crippen LogP contribution in [0.5, 0.6) is 0 Å². The summed E-state index contributed by atoms with van der Waals surface area (Å²) in [6, 6.07) is 29.4. The van der Waals surface area contributed by atoms with E-state index in [0.29, 0.717) is 12.0 Å². The monoisotopic (exact) mass is 326 g/mol. The minimum atomic E-state index is -0.0795. The van der Waals surface area contributed by atoms with Gasteiger partial charge in [-0.05, 0) is 23.3 Å². The summed E-state index contributed by atoms with van der Waals surface area (Å²) in [6.07, 6.45) is 0.715. The summed E-state index contributed by atoms with van der Waals surface area (Å²) in [4.78, 5) is 13.0. The number of rotatable bonds is 3. The first-order valence-corrected chi connectivity index (χ1v) is 8.39. The molecule has 1 aliphatic heterocycles. The Morgan fingerprint density at radius 3 is 2.00 bits per heavy atom. The van der Waals surface area contributed by atoms with Crippen molar-refractivity contribution in [2.75, 3.05) is 0 Å². The highest BCUT2D eigenvalue weighted by Crippen LogP contribution is 2.33. The SMILES string of the molecule is O=C(c1ccccc1)N1N=C(c2ccccc2)C[C@@H]1c1ccccc1. The summed E-state index contributed by atoms with van der Waals surface area (Å²) in [6.45, 7) is 0. The summed E-state index contributed by atoms with van der Waals surface area (Å²) >= 11 is 0. The summed E-state index contributed by atoms with van der Waals surface area (Å²) < 4.78 is 0. The molecule has 3 heteroatoms. The Hall–Kier alpha value is -3.20. The lowest BCUT2D eigenvalue weighted by atomic mass is 9.98. The van der Waals surface area contributed by atoms with Crippen LogP contribution in [0.15, 0.2) is 96.1 Å². The topological polar surface area (TPSA) is 32.7 Å². The molecule has 3 aromatic rings. The first-order chi connectivity index (χ1) is 12.3. The van der Waals surface area contributed by atoms with E-state index in [9.17, 15) is 4.79 Å². The van der Waals surface area contributed by atoms with Gasteiger partial charge in [-0.25, -0.2) is 5.01 Å². The van der Waals surface area contributed by atoms with Gasteiger partial charge in [-0.2, -0.15) is 5.10 Å². The lowest BCUT2D eigenvalue weighted by Crippen LogP contribution is -2.27. The van der Waals surface area contributed by atoms with E-state index in [4.69, 9.17) is 5.10 Å². The second-order valence-electron chi connectivity index (χ2n) is 6.06. The number of carbonyl (C=O) groups excluding carboxylic acids is 1. The van der Waals surface area contributed by atoms with Crippen LogP contribution < -0.4 is 0 Å². The Balaban J connectivity index is 1.73. The molecule has 0 saturated carbocycles. The highest BCUT2D eigenvalue weighted by molar-refractivity contribution is 6.05. The van der Waals surface area contributed by atoms with E-state index >= 15 is 0 Å². The normalized spacial score (nSPS) is 16.6. The zero-order valence-corrected chi connectivity index (χ0v) is 13.7. The maximum absolute atomic E-state index is 13.0. The van der Waals surface area contributed by atoms with Gasteiger partial charge in [-0.15, -0.1) is 0 Å². The largest absolute Gasteiger partial charge is 0.274 e. The van der Waals surface area contributed by atoms with Crippen molar-refractivity contribution in [2.45, 2.75) is 12.5 Å². The highest BCUT2D eigenvalue weighted by Gasteiger charge is 2.33. The average molecular weight is 326 g/mol. The molecule has 0 aromatic heterocycles. The molecule has 3 aromatic carbocycles. The fourth-order valence-electron chi connectivity index (χ4n) is 3.15. The van der Waals surface area contributed by atoms with Gasteiger partial charge in [0, 0.05) is 12.0 Å². The smallest absolute Gasteiger partial charge is 0.267 e.